The van der Waals surface area contributed by atoms with E-state index in [-0.39, 0.29) is 6.61 Å². The Hall–Kier alpha value is -1.39. The van der Waals surface area contributed by atoms with E-state index < -0.39 is 12.0 Å². The van der Waals surface area contributed by atoms with Gasteiger partial charge in [-0.25, -0.2) is 0 Å². The Balaban J connectivity index is 2.45. The molecule has 1 rings (SSSR count). The lowest BCUT2D eigenvalue weighted by molar-refractivity contribution is -0.139. The van der Waals surface area contributed by atoms with Crippen molar-refractivity contribution in [3.8, 4) is 0 Å². The highest BCUT2D eigenvalue weighted by Crippen LogP contribution is 2.07. The van der Waals surface area contributed by atoms with Gasteiger partial charge in [0.05, 0.1) is 6.61 Å². The summed E-state index contributed by atoms with van der Waals surface area (Å²) in [5.74, 6) is -0.870. The largest absolute Gasteiger partial charge is 0.480 e. The molecule has 1 atom stereocenters. The van der Waals surface area contributed by atoms with Crippen LogP contribution in [0, 0.1) is 6.92 Å². The minimum Gasteiger partial charge on any atom is -0.480 e. The van der Waals surface area contributed by atoms with Crippen molar-refractivity contribution in [1.29, 1.82) is 0 Å². The zero-order valence-corrected chi connectivity index (χ0v) is 10.0. The highest BCUT2D eigenvalue weighted by Gasteiger charge is 2.15. The standard InChI is InChI=1S/C13H19NO3/c1-10-2-4-11(5-3-10)6-7-12(13(16)17)14-8-9-15/h2-5,12,14-15H,6-9H2,1H3,(H,16,17). The van der Waals surface area contributed by atoms with Gasteiger partial charge in [0.2, 0.25) is 0 Å². The van der Waals surface area contributed by atoms with Crippen LogP contribution in [0.15, 0.2) is 24.3 Å². The number of nitrogens with one attached hydrogen (secondary N) is 1. The second-order valence-corrected chi connectivity index (χ2v) is 4.09. The van der Waals surface area contributed by atoms with E-state index in [1.165, 1.54) is 5.56 Å². The minimum atomic E-state index is -0.870. The van der Waals surface area contributed by atoms with Crippen molar-refractivity contribution in [2.24, 2.45) is 0 Å². The Bertz CT molecular complexity index is 348. The lowest BCUT2D eigenvalue weighted by atomic mass is 10.0. The number of aliphatic carboxylic acids is 1. The molecule has 0 saturated carbocycles. The van der Waals surface area contributed by atoms with Gasteiger partial charge in [0, 0.05) is 6.54 Å². The number of rotatable bonds is 7. The van der Waals surface area contributed by atoms with Crippen molar-refractivity contribution in [3.05, 3.63) is 35.4 Å². The molecule has 0 aliphatic rings. The maximum absolute atomic E-state index is 10.9. The molecule has 0 aliphatic carbocycles. The average Bonchev–Trinajstić information content (AvgIpc) is 2.31. The third kappa shape index (κ3) is 4.97. The van der Waals surface area contributed by atoms with Crippen LogP contribution in [0.5, 0.6) is 0 Å². The van der Waals surface area contributed by atoms with Crippen LogP contribution in [-0.4, -0.2) is 35.4 Å². The maximum atomic E-state index is 10.9. The second kappa shape index (κ2) is 7.04. The minimum absolute atomic E-state index is 0.0473. The fourth-order valence-electron chi connectivity index (χ4n) is 1.62. The van der Waals surface area contributed by atoms with E-state index in [4.69, 9.17) is 10.2 Å². The number of carboxylic acids is 1. The summed E-state index contributed by atoms with van der Waals surface area (Å²) >= 11 is 0. The van der Waals surface area contributed by atoms with Crippen LogP contribution in [-0.2, 0) is 11.2 Å². The van der Waals surface area contributed by atoms with E-state index in [0.29, 0.717) is 13.0 Å². The first-order chi connectivity index (χ1) is 8.13. The van der Waals surface area contributed by atoms with E-state index in [9.17, 15) is 4.79 Å². The molecule has 4 heteroatoms. The quantitative estimate of drug-likeness (QED) is 0.660. The first-order valence-electron chi connectivity index (χ1n) is 5.76. The summed E-state index contributed by atoms with van der Waals surface area (Å²) in [6.07, 6.45) is 1.24. The molecule has 1 aromatic rings. The van der Waals surface area contributed by atoms with Crippen molar-refractivity contribution in [3.63, 3.8) is 0 Å². The van der Waals surface area contributed by atoms with Gasteiger partial charge in [-0.05, 0) is 25.3 Å². The average molecular weight is 237 g/mol. The smallest absolute Gasteiger partial charge is 0.320 e. The molecule has 17 heavy (non-hydrogen) atoms. The van der Waals surface area contributed by atoms with Gasteiger partial charge >= 0.3 is 5.97 Å². The molecule has 1 aromatic carbocycles. The molecule has 0 radical (unpaired) electrons. The number of hydrogen-bond donors (Lipinski definition) is 3. The van der Waals surface area contributed by atoms with E-state index in [0.717, 1.165) is 12.0 Å². The number of aliphatic hydroxyl groups excluding tert-OH is 1. The SMILES string of the molecule is Cc1ccc(CCC(NCCO)C(=O)O)cc1. The van der Waals surface area contributed by atoms with Crippen molar-refractivity contribution in [2.75, 3.05) is 13.2 Å². The molecular weight excluding hydrogens is 218 g/mol. The van der Waals surface area contributed by atoms with Crippen LogP contribution in [0.2, 0.25) is 0 Å². The zero-order chi connectivity index (χ0) is 12.7. The molecule has 0 spiro atoms. The molecule has 0 aliphatic heterocycles. The Kier molecular flexibility index (Phi) is 5.66. The van der Waals surface area contributed by atoms with Gasteiger partial charge in [-0.3, -0.25) is 4.79 Å². The summed E-state index contributed by atoms with van der Waals surface area (Å²) < 4.78 is 0. The third-order valence-electron chi connectivity index (χ3n) is 2.64. The highest BCUT2D eigenvalue weighted by molar-refractivity contribution is 5.73. The Labute approximate surface area is 101 Å². The van der Waals surface area contributed by atoms with Crippen molar-refractivity contribution < 1.29 is 15.0 Å². The summed E-state index contributed by atoms with van der Waals surface area (Å²) in [6, 6.07) is 7.47. The third-order valence-corrected chi connectivity index (χ3v) is 2.64. The summed E-state index contributed by atoms with van der Waals surface area (Å²) in [5, 5.41) is 20.4. The zero-order valence-electron chi connectivity index (χ0n) is 10.0. The Morgan fingerprint density at radius 3 is 2.53 bits per heavy atom. The predicted molar refractivity (Wildman–Crippen MR) is 66.0 cm³/mol. The summed E-state index contributed by atoms with van der Waals surface area (Å²) in [4.78, 5) is 10.9. The molecule has 94 valence electrons. The molecule has 0 amide bonds. The number of carboxylic acid groups (broad SMARTS) is 1. The monoisotopic (exact) mass is 237 g/mol. The summed E-state index contributed by atoms with van der Waals surface area (Å²) in [5.41, 5.74) is 2.33. The van der Waals surface area contributed by atoms with Crippen LogP contribution >= 0.6 is 0 Å². The van der Waals surface area contributed by atoms with Gasteiger partial charge in [0.15, 0.2) is 0 Å². The molecule has 0 heterocycles. The molecule has 0 fully saturated rings. The van der Waals surface area contributed by atoms with Crippen LogP contribution in [0.25, 0.3) is 0 Å². The molecule has 3 N–H and O–H groups in total. The number of aliphatic hydroxyl groups is 1. The van der Waals surface area contributed by atoms with Gasteiger partial charge in [-0.1, -0.05) is 29.8 Å². The summed E-state index contributed by atoms with van der Waals surface area (Å²) in [7, 11) is 0. The normalized spacial score (nSPS) is 12.4. The van der Waals surface area contributed by atoms with Crippen LogP contribution in [0.1, 0.15) is 17.5 Å². The number of aryl methyl sites for hydroxylation is 2. The van der Waals surface area contributed by atoms with Crippen molar-refractivity contribution in [1.82, 2.24) is 5.32 Å². The van der Waals surface area contributed by atoms with Crippen molar-refractivity contribution in [2.45, 2.75) is 25.8 Å². The number of benzene rings is 1. The summed E-state index contributed by atoms with van der Waals surface area (Å²) in [6.45, 7) is 2.28. The van der Waals surface area contributed by atoms with Gasteiger partial charge in [0.25, 0.3) is 0 Å². The Morgan fingerprint density at radius 1 is 1.35 bits per heavy atom. The first-order valence-corrected chi connectivity index (χ1v) is 5.76. The number of carbonyl (C=O) groups is 1. The molecule has 1 unspecified atom stereocenters. The predicted octanol–water partition coefficient (Wildman–Crippen LogP) is 0.963. The second-order valence-electron chi connectivity index (χ2n) is 4.09. The maximum Gasteiger partial charge on any atom is 0.320 e. The fourth-order valence-corrected chi connectivity index (χ4v) is 1.62. The van der Waals surface area contributed by atoms with Gasteiger partial charge in [-0.15, -0.1) is 0 Å². The lowest BCUT2D eigenvalue weighted by Gasteiger charge is -2.13. The molecule has 4 nitrogen and oxygen atoms in total. The van der Waals surface area contributed by atoms with E-state index in [1.807, 2.05) is 31.2 Å². The van der Waals surface area contributed by atoms with Gasteiger partial charge in [-0.2, -0.15) is 0 Å². The van der Waals surface area contributed by atoms with Crippen molar-refractivity contribution >= 4 is 5.97 Å². The Morgan fingerprint density at radius 2 is 2.00 bits per heavy atom. The molecule has 0 saturated heterocycles. The van der Waals surface area contributed by atoms with Crippen LogP contribution < -0.4 is 5.32 Å². The molecular formula is C13H19NO3. The molecule has 0 aromatic heterocycles. The lowest BCUT2D eigenvalue weighted by Crippen LogP contribution is -2.38. The van der Waals surface area contributed by atoms with E-state index >= 15 is 0 Å². The van der Waals surface area contributed by atoms with Crippen LogP contribution in [0.3, 0.4) is 0 Å². The van der Waals surface area contributed by atoms with E-state index in [1.54, 1.807) is 0 Å². The highest BCUT2D eigenvalue weighted by atomic mass is 16.4. The fraction of sp³-hybridized carbons (Fsp3) is 0.462. The number of hydrogen-bond acceptors (Lipinski definition) is 3. The topological polar surface area (TPSA) is 69.6 Å². The van der Waals surface area contributed by atoms with Gasteiger partial charge in [0.1, 0.15) is 6.04 Å². The van der Waals surface area contributed by atoms with Gasteiger partial charge < -0.3 is 15.5 Å². The first kappa shape index (κ1) is 13.7. The van der Waals surface area contributed by atoms with E-state index in [2.05, 4.69) is 5.32 Å². The molecule has 0 bridgehead atoms. The van der Waals surface area contributed by atoms with Crippen LogP contribution in [0.4, 0.5) is 0 Å².